The zero-order valence-corrected chi connectivity index (χ0v) is 16.8. The number of phenolic OH excluding ortho intramolecular Hbond substituents is 1. The minimum absolute atomic E-state index is 0.0689. The second-order valence-corrected chi connectivity index (χ2v) is 7.45. The van der Waals surface area contributed by atoms with Crippen LogP contribution >= 0.6 is 0 Å². The summed E-state index contributed by atoms with van der Waals surface area (Å²) in [5, 5.41) is 10.7. The van der Waals surface area contributed by atoms with Crippen molar-refractivity contribution in [2.24, 2.45) is 0 Å². The number of anilines is 1. The van der Waals surface area contributed by atoms with Gasteiger partial charge in [-0.15, -0.1) is 0 Å². The van der Waals surface area contributed by atoms with Crippen molar-refractivity contribution >= 4 is 22.6 Å². The third-order valence-corrected chi connectivity index (χ3v) is 5.48. The third kappa shape index (κ3) is 3.77. The number of hydrogen-bond acceptors (Lipinski definition) is 6. The molecule has 2 aromatic carbocycles. The fraction of sp³-hybridized carbons (Fsp3) is 0.167. The van der Waals surface area contributed by atoms with Gasteiger partial charge in [-0.2, -0.15) is 0 Å². The molecule has 0 unspecified atom stereocenters. The molecule has 2 aromatic heterocycles. The van der Waals surface area contributed by atoms with Crippen molar-refractivity contribution in [1.29, 1.82) is 0 Å². The number of amides is 1. The molecule has 0 radical (unpaired) electrons. The summed E-state index contributed by atoms with van der Waals surface area (Å²) in [7, 11) is 0. The van der Waals surface area contributed by atoms with E-state index in [9.17, 15) is 9.90 Å². The average molecular weight is 411 g/mol. The number of carbonyl (C=O) groups excluding carboxylic acids is 1. The van der Waals surface area contributed by atoms with Gasteiger partial charge in [-0.05, 0) is 42.5 Å². The molecule has 1 fully saturated rings. The highest BCUT2D eigenvalue weighted by Crippen LogP contribution is 2.28. The zero-order chi connectivity index (χ0) is 21.2. The van der Waals surface area contributed by atoms with Gasteiger partial charge in [0, 0.05) is 55.1 Å². The van der Waals surface area contributed by atoms with E-state index in [0.717, 1.165) is 22.3 Å². The Morgan fingerprint density at radius 2 is 1.65 bits per heavy atom. The number of hydrogen-bond donors (Lipinski definition) is 1. The van der Waals surface area contributed by atoms with E-state index in [1.807, 2.05) is 41.3 Å². The molecule has 154 valence electrons. The number of aromatic nitrogens is 3. The number of aromatic hydroxyl groups is 1. The molecular weight excluding hydrogens is 390 g/mol. The molecule has 0 saturated carbocycles. The molecule has 1 N–H and O–H groups in total. The monoisotopic (exact) mass is 411 g/mol. The van der Waals surface area contributed by atoms with Gasteiger partial charge in [0.2, 0.25) is 0 Å². The van der Waals surface area contributed by atoms with Crippen LogP contribution in [0.4, 0.5) is 5.82 Å². The van der Waals surface area contributed by atoms with Crippen LogP contribution in [0.15, 0.2) is 73.1 Å². The molecule has 1 aliphatic heterocycles. The van der Waals surface area contributed by atoms with Crippen molar-refractivity contribution < 1.29 is 9.90 Å². The Balaban J connectivity index is 1.42. The van der Waals surface area contributed by atoms with E-state index in [4.69, 9.17) is 9.97 Å². The molecule has 0 aliphatic carbocycles. The number of carbonyl (C=O) groups is 1. The zero-order valence-electron chi connectivity index (χ0n) is 16.8. The van der Waals surface area contributed by atoms with E-state index in [0.29, 0.717) is 37.6 Å². The van der Waals surface area contributed by atoms with E-state index in [-0.39, 0.29) is 11.7 Å². The summed E-state index contributed by atoms with van der Waals surface area (Å²) in [6.07, 6.45) is 3.47. The molecule has 3 heterocycles. The summed E-state index contributed by atoms with van der Waals surface area (Å²) in [6, 6.07) is 18.3. The first-order valence-electron chi connectivity index (χ1n) is 10.2. The lowest BCUT2D eigenvalue weighted by atomic mass is 10.1. The molecule has 31 heavy (non-hydrogen) atoms. The van der Waals surface area contributed by atoms with Crippen molar-refractivity contribution in [3.63, 3.8) is 0 Å². The number of nitrogens with zero attached hydrogens (tertiary/aromatic N) is 5. The van der Waals surface area contributed by atoms with Gasteiger partial charge in [-0.3, -0.25) is 9.78 Å². The number of fused-ring (bicyclic) bond motifs is 1. The SMILES string of the molecule is O=C(c1cccc(O)c1)N1CCN(c2nc(-c3ccncc3)nc3ccccc23)CC1. The molecule has 1 amide bonds. The van der Waals surface area contributed by atoms with Gasteiger partial charge in [0.1, 0.15) is 11.6 Å². The second kappa shape index (κ2) is 8.02. The maximum absolute atomic E-state index is 12.8. The van der Waals surface area contributed by atoms with E-state index >= 15 is 0 Å². The van der Waals surface area contributed by atoms with Crippen LogP contribution in [0.5, 0.6) is 5.75 Å². The van der Waals surface area contributed by atoms with Crippen molar-refractivity contribution in [2.75, 3.05) is 31.1 Å². The summed E-state index contributed by atoms with van der Waals surface area (Å²) < 4.78 is 0. The minimum atomic E-state index is -0.0689. The molecule has 7 heteroatoms. The van der Waals surface area contributed by atoms with Crippen molar-refractivity contribution in [3.8, 4) is 17.1 Å². The quantitative estimate of drug-likeness (QED) is 0.557. The van der Waals surface area contributed by atoms with Gasteiger partial charge >= 0.3 is 0 Å². The standard InChI is InChI=1S/C24H21N5O2/c30-19-5-3-4-18(16-19)24(31)29-14-12-28(13-15-29)23-20-6-1-2-7-21(20)26-22(27-23)17-8-10-25-11-9-17/h1-11,16,30H,12-15H2. The van der Waals surface area contributed by atoms with Gasteiger partial charge in [-0.1, -0.05) is 18.2 Å². The van der Waals surface area contributed by atoms with Gasteiger partial charge in [0.05, 0.1) is 5.52 Å². The summed E-state index contributed by atoms with van der Waals surface area (Å²) in [5.74, 6) is 1.57. The molecule has 0 atom stereocenters. The van der Waals surface area contributed by atoms with Gasteiger partial charge in [0.25, 0.3) is 5.91 Å². The smallest absolute Gasteiger partial charge is 0.254 e. The predicted molar refractivity (Wildman–Crippen MR) is 119 cm³/mol. The summed E-state index contributed by atoms with van der Waals surface area (Å²) in [4.78, 5) is 30.5. The van der Waals surface area contributed by atoms with Crippen molar-refractivity contribution in [2.45, 2.75) is 0 Å². The lowest BCUT2D eigenvalue weighted by Crippen LogP contribution is -2.49. The number of benzene rings is 2. The molecule has 1 aliphatic rings. The molecule has 4 aromatic rings. The van der Waals surface area contributed by atoms with Crippen LogP contribution in [0.2, 0.25) is 0 Å². The Labute approximate surface area is 179 Å². The number of piperazine rings is 1. The molecule has 0 bridgehead atoms. The molecule has 1 saturated heterocycles. The van der Waals surface area contributed by atoms with E-state index in [1.54, 1.807) is 30.6 Å². The number of rotatable bonds is 3. The van der Waals surface area contributed by atoms with Crippen LogP contribution in [-0.4, -0.2) is 57.0 Å². The molecule has 7 nitrogen and oxygen atoms in total. The summed E-state index contributed by atoms with van der Waals surface area (Å²) in [5.41, 5.74) is 2.30. The normalized spacial score (nSPS) is 14.1. The topological polar surface area (TPSA) is 82.5 Å². The minimum Gasteiger partial charge on any atom is -0.508 e. The molecular formula is C24H21N5O2. The number of para-hydroxylation sites is 1. The van der Waals surface area contributed by atoms with E-state index in [2.05, 4.69) is 9.88 Å². The van der Waals surface area contributed by atoms with Gasteiger partial charge < -0.3 is 14.9 Å². The van der Waals surface area contributed by atoms with E-state index in [1.165, 1.54) is 6.07 Å². The average Bonchev–Trinajstić information content (AvgIpc) is 2.83. The van der Waals surface area contributed by atoms with Crippen LogP contribution in [0, 0.1) is 0 Å². The number of phenols is 1. The highest BCUT2D eigenvalue weighted by atomic mass is 16.3. The summed E-state index contributed by atoms with van der Waals surface area (Å²) >= 11 is 0. The Bertz CT molecular complexity index is 1240. The van der Waals surface area contributed by atoms with Crippen LogP contribution in [0.1, 0.15) is 10.4 Å². The number of pyridine rings is 1. The fourth-order valence-corrected chi connectivity index (χ4v) is 3.87. The molecule has 5 rings (SSSR count). The van der Waals surface area contributed by atoms with Crippen molar-refractivity contribution in [3.05, 3.63) is 78.6 Å². The predicted octanol–water partition coefficient (Wildman–Crippen LogP) is 3.36. The largest absolute Gasteiger partial charge is 0.508 e. The Kier molecular flexibility index (Phi) is 4.92. The van der Waals surface area contributed by atoms with Gasteiger partial charge in [-0.25, -0.2) is 9.97 Å². The lowest BCUT2D eigenvalue weighted by Gasteiger charge is -2.36. The maximum atomic E-state index is 12.8. The Hall–Kier alpha value is -4.00. The second-order valence-electron chi connectivity index (χ2n) is 7.45. The Morgan fingerprint density at radius 3 is 2.42 bits per heavy atom. The van der Waals surface area contributed by atoms with Crippen LogP contribution in [0.25, 0.3) is 22.3 Å². The molecule has 0 spiro atoms. The van der Waals surface area contributed by atoms with Gasteiger partial charge in [0.15, 0.2) is 5.82 Å². The van der Waals surface area contributed by atoms with Crippen LogP contribution in [-0.2, 0) is 0 Å². The lowest BCUT2D eigenvalue weighted by molar-refractivity contribution is 0.0746. The highest BCUT2D eigenvalue weighted by Gasteiger charge is 2.24. The first-order valence-corrected chi connectivity index (χ1v) is 10.2. The van der Waals surface area contributed by atoms with Crippen molar-refractivity contribution in [1.82, 2.24) is 19.9 Å². The third-order valence-electron chi connectivity index (χ3n) is 5.48. The summed E-state index contributed by atoms with van der Waals surface area (Å²) in [6.45, 7) is 2.50. The first-order chi connectivity index (χ1) is 15.2. The Morgan fingerprint density at radius 1 is 0.871 bits per heavy atom. The van der Waals surface area contributed by atoms with Crippen LogP contribution in [0.3, 0.4) is 0 Å². The fourth-order valence-electron chi connectivity index (χ4n) is 3.87. The van der Waals surface area contributed by atoms with E-state index < -0.39 is 0 Å². The van der Waals surface area contributed by atoms with Crippen LogP contribution < -0.4 is 4.90 Å². The first kappa shape index (κ1) is 19.0. The maximum Gasteiger partial charge on any atom is 0.254 e. The highest BCUT2D eigenvalue weighted by molar-refractivity contribution is 5.95.